The third kappa shape index (κ3) is 5.22. The van der Waals surface area contributed by atoms with Crippen LogP contribution in [0.4, 0.5) is 0 Å². The molecule has 1 aliphatic rings. The van der Waals surface area contributed by atoms with Crippen LogP contribution in [0.3, 0.4) is 0 Å². The maximum Gasteiger partial charge on any atom is 0.271 e. The maximum absolute atomic E-state index is 12.6. The van der Waals surface area contributed by atoms with Gasteiger partial charge in [-0.2, -0.15) is 0 Å². The number of ether oxygens (including phenoxy) is 1. The van der Waals surface area contributed by atoms with E-state index >= 15 is 0 Å². The molecule has 2 aromatic carbocycles. The molecule has 1 aromatic heterocycles. The molecule has 0 aliphatic carbocycles. The number of thiazole rings is 1. The summed E-state index contributed by atoms with van der Waals surface area (Å²) in [5, 5.41) is 6.28. The van der Waals surface area contributed by atoms with Gasteiger partial charge in [-0.1, -0.05) is 48.0 Å². The minimum Gasteiger partial charge on any atom is -0.379 e. The number of benzene rings is 2. The zero-order chi connectivity index (χ0) is 20.1. The lowest BCUT2D eigenvalue weighted by Gasteiger charge is -2.27. The molecule has 150 valence electrons. The fourth-order valence-corrected chi connectivity index (χ4v) is 4.19. The Morgan fingerprint density at radius 1 is 1.10 bits per heavy atom. The van der Waals surface area contributed by atoms with Gasteiger partial charge in [0.2, 0.25) is 0 Å². The van der Waals surface area contributed by atoms with Gasteiger partial charge in [-0.15, -0.1) is 11.3 Å². The molecule has 0 bridgehead atoms. The van der Waals surface area contributed by atoms with Gasteiger partial charge in [-0.25, -0.2) is 4.98 Å². The smallest absolute Gasteiger partial charge is 0.271 e. The molecule has 29 heavy (non-hydrogen) atoms. The van der Waals surface area contributed by atoms with Crippen molar-refractivity contribution in [3.63, 3.8) is 0 Å². The Hall–Kier alpha value is -2.25. The third-order valence-electron chi connectivity index (χ3n) is 4.88. The van der Waals surface area contributed by atoms with Crippen LogP contribution in [0.25, 0.3) is 10.6 Å². The molecule has 0 saturated carbocycles. The average Bonchev–Trinajstić information content (AvgIpc) is 3.24. The van der Waals surface area contributed by atoms with Crippen LogP contribution in [0.5, 0.6) is 0 Å². The number of morpholine rings is 1. The number of aromatic nitrogens is 1. The zero-order valence-corrected chi connectivity index (χ0v) is 17.5. The number of rotatable bonds is 6. The van der Waals surface area contributed by atoms with Crippen molar-refractivity contribution in [2.75, 3.05) is 26.3 Å². The van der Waals surface area contributed by atoms with E-state index in [0.29, 0.717) is 17.3 Å². The Balaban J connectivity index is 1.39. The van der Waals surface area contributed by atoms with Gasteiger partial charge in [0.25, 0.3) is 5.91 Å². The predicted molar refractivity (Wildman–Crippen MR) is 116 cm³/mol. The van der Waals surface area contributed by atoms with Gasteiger partial charge in [0, 0.05) is 42.1 Å². The molecule has 1 amide bonds. The first-order valence-electron chi connectivity index (χ1n) is 9.55. The van der Waals surface area contributed by atoms with Gasteiger partial charge in [0.05, 0.1) is 13.2 Å². The normalized spacial score (nSPS) is 14.7. The van der Waals surface area contributed by atoms with E-state index in [-0.39, 0.29) is 5.91 Å². The molecular weight excluding hydrogens is 406 g/mol. The summed E-state index contributed by atoms with van der Waals surface area (Å²) in [5.41, 5.74) is 3.75. The van der Waals surface area contributed by atoms with Crippen LogP contribution < -0.4 is 5.32 Å². The fraction of sp³-hybridized carbons (Fsp3) is 0.273. The van der Waals surface area contributed by atoms with Crippen molar-refractivity contribution in [2.24, 2.45) is 0 Å². The Kier molecular flexibility index (Phi) is 6.56. The molecule has 2 heterocycles. The Bertz CT molecular complexity index is 968. The second-order valence-corrected chi connectivity index (χ2v) is 8.18. The summed E-state index contributed by atoms with van der Waals surface area (Å²) in [6.07, 6.45) is 0. The highest BCUT2D eigenvalue weighted by Crippen LogP contribution is 2.25. The highest BCUT2D eigenvalue weighted by atomic mass is 35.5. The Morgan fingerprint density at radius 2 is 1.83 bits per heavy atom. The van der Waals surface area contributed by atoms with Crippen LogP contribution in [0.15, 0.2) is 53.9 Å². The van der Waals surface area contributed by atoms with Crippen LogP contribution in [-0.4, -0.2) is 42.1 Å². The molecular formula is C22H22ClN3O2S. The van der Waals surface area contributed by atoms with E-state index in [0.717, 1.165) is 49.0 Å². The molecule has 0 atom stereocenters. The van der Waals surface area contributed by atoms with Gasteiger partial charge in [-0.05, 0) is 23.3 Å². The molecule has 0 unspecified atom stereocenters. The summed E-state index contributed by atoms with van der Waals surface area (Å²) in [6.45, 7) is 4.78. The molecule has 0 radical (unpaired) electrons. The largest absolute Gasteiger partial charge is 0.379 e. The Labute approximate surface area is 179 Å². The first-order valence-corrected chi connectivity index (χ1v) is 10.8. The second kappa shape index (κ2) is 9.50. The van der Waals surface area contributed by atoms with Crippen molar-refractivity contribution >= 4 is 28.8 Å². The first-order chi connectivity index (χ1) is 14.2. The third-order valence-corrected chi connectivity index (χ3v) is 6.03. The lowest BCUT2D eigenvalue weighted by Crippen LogP contribution is -2.36. The number of carbonyl (C=O) groups is 1. The highest BCUT2D eigenvalue weighted by molar-refractivity contribution is 7.13. The minimum atomic E-state index is -0.164. The summed E-state index contributed by atoms with van der Waals surface area (Å²) in [5.74, 6) is -0.164. The van der Waals surface area contributed by atoms with Crippen LogP contribution in [0.1, 0.15) is 21.6 Å². The molecule has 1 aliphatic heterocycles. The molecule has 5 nitrogen and oxygen atoms in total. The van der Waals surface area contributed by atoms with E-state index in [2.05, 4.69) is 27.3 Å². The van der Waals surface area contributed by atoms with Crippen molar-refractivity contribution in [3.8, 4) is 10.6 Å². The first kappa shape index (κ1) is 20.0. The number of nitrogens with one attached hydrogen (secondary N) is 1. The highest BCUT2D eigenvalue weighted by Gasteiger charge is 2.15. The summed E-state index contributed by atoms with van der Waals surface area (Å²) >= 11 is 7.39. The van der Waals surface area contributed by atoms with Crippen LogP contribution in [0.2, 0.25) is 5.02 Å². The summed E-state index contributed by atoms with van der Waals surface area (Å²) in [6, 6.07) is 15.7. The minimum absolute atomic E-state index is 0.164. The monoisotopic (exact) mass is 427 g/mol. The van der Waals surface area contributed by atoms with E-state index in [4.69, 9.17) is 16.3 Å². The van der Waals surface area contributed by atoms with Crippen LogP contribution in [-0.2, 0) is 17.8 Å². The van der Waals surface area contributed by atoms with E-state index in [1.807, 2.05) is 36.4 Å². The van der Waals surface area contributed by atoms with E-state index < -0.39 is 0 Å². The number of hydrogen-bond acceptors (Lipinski definition) is 5. The van der Waals surface area contributed by atoms with Crippen molar-refractivity contribution < 1.29 is 9.53 Å². The predicted octanol–water partition coefficient (Wildman–Crippen LogP) is 4.23. The zero-order valence-electron chi connectivity index (χ0n) is 15.9. The van der Waals surface area contributed by atoms with Crippen molar-refractivity contribution in [1.82, 2.24) is 15.2 Å². The van der Waals surface area contributed by atoms with E-state index in [9.17, 15) is 4.79 Å². The summed E-state index contributed by atoms with van der Waals surface area (Å²) in [4.78, 5) is 19.5. The summed E-state index contributed by atoms with van der Waals surface area (Å²) in [7, 11) is 0. The van der Waals surface area contributed by atoms with Crippen LogP contribution >= 0.6 is 22.9 Å². The molecule has 7 heteroatoms. The van der Waals surface area contributed by atoms with Gasteiger partial charge < -0.3 is 10.1 Å². The van der Waals surface area contributed by atoms with E-state index in [1.165, 1.54) is 16.9 Å². The Morgan fingerprint density at radius 3 is 2.59 bits per heavy atom. The molecule has 0 spiro atoms. The molecule has 1 N–H and O–H groups in total. The summed E-state index contributed by atoms with van der Waals surface area (Å²) < 4.78 is 5.42. The second-order valence-electron chi connectivity index (χ2n) is 6.88. The SMILES string of the molecule is O=C(NCc1ccccc1CN1CCOCC1)c1csc(-c2ccc(Cl)cc2)n1. The standard InChI is InChI=1S/C22H22ClN3O2S/c23-19-7-5-16(6-8-19)22-25-20(15-29-22)21(27)24-13-17-3-1-2-4-18(17)14-26-9-11-28-12-10-26/h1-8,15H,9-14H2,(H,24,27). The van der Waals surface area contributed by atoms with Gasteiger partial charge in [0.15, 0.2) is 0 Å². The van der Waals surface area contributed by atoms with Gasteiger partial charge >= 0.3 is 0 Å². The maximum atomic E-state index is 12.6. The molecule has 4 rings (SSSR count). The number of carbonyl (C=O) groups excluding carboxylic acids is 1. The average molecular weight is 428 g/mol. The van der Waals surface area contributed by atoms with Crippen molar-refractivity contribution in [1.29, 1.82) is 0 Å². The van der Waals surface area contributed by atoms with Crippen molar-refractivity contribution in [2.45, 2.75) is 13.1 Å². The molecule has 1 saturated heterocycles. The quantitative estimate of drug-likeness (QED) is 0.639. The fourth-order valence-electron chi connectivity index (χ4n) is 3.25. The van der Waals surface area contributed by atoms with E-state index in [1.54, 1.807) is 5.38 Å². The number of halogens is 1. The molecule has 1 fully saturated rings. The van der Waals surface area contributed by atoms with Crippen molar-refractivity contribution in [3.05, 3.63) is 75.8 Å². The molecule has 3 aromatic rings. The number of nitrogens with zero attached hydrogens (tertiary/aromatic N) is 2. The number of hydrogen-bond donors (Lipinski definition) is 1. The topological polar surface area (TPSA) is 54.5 Å². The van der Waals surface area contributed by atoms with Gasteiger partial charge in [0.1, 0.15) is 10.7 Å². The number of amides is 1. The van der Waals surface area contributed by atoms with Crippen LogP contribution in [0, 0.1) is 0 Å². The lowest BCUT2D eigenvalue weighted by molar-refractivity contribution is 0.0340. The van der Waals surface area contributed by atoms with Gasteiger partial charge in [-0.3, -0.25) is 9.69 Å². The lowest BCUT2D eigenvalue weighted by atomic mass is 10.1.